The highest BCUT2D eigenvalue weighted by atomic mass is 16.2. The number of unbranched alkanes of at least 4 members (excludes halogenated alkanes) is 3. The minimum absolute atomic E-state index is 0.279. The number of piperazine rings is 1. The summed E-state index contributed by atoms with van der Waals surface area (Å²) in [6.07, 6.45) is 6.60. The van der Waals surface area contributed by atoms with Crippen LogP contribution in [0.25, 0.3) is 0 Å². The Hall–Kier alpha value is -1.69. The van der Waals surface area contributed by atoms with Crippen LogP contribution in [0.5, 0.6) is 0 Å². The van der Waals surface area contributed by atoms with E-state index in [9.17, 15) is 4.79 Å². The summed E-state index contributed by atoms with van der Waals surface area (Å²) in [7, 11) is 0. The molecule has 0 aromatic carbocycles. The van der Waals surface area contributed by atoms with Crippen molar-refractivity contribution in [3.63, 3.8) is 0 Å². The molecule has 0 atom stereocenters. The zero-order valence-corrected chi connectivity index (χ0v) is 12.6. The SMILES string of the molecule is NCCCCCCC(=O)N1CCN(c2cccnn2)CC1. The first-order valence-corrected chi connectivity index (χ1v) is 7.82. The van der Waals surface area contributed by atoms with E-state index >= 15 is 0 Å². The van der Waals surface area contributed by atoms with Crippen molar-refractivity contribution in [1.82, 2.24) is 15.1 Å². The largest absolute Gasteiger partial charge is 0.352 e. The summed E-state index contributed by atoms with van der Waals surface area (Å²) in [4.78, 5) is 16.3. The molecule has 2 rings (SSSR count). The Bertz CT molecular complexity index is 417. The van der Waals surface area contributed by atoms with E-state index in [0.717, 1.165) is 64.2 Å². The summed E-state index contributed by atoms with van der Waals surface area (Å²) >= 11 is 0. The molecule has 2 N–H and O–H groups in total. The number of hydrogen-bond acceptors (Lipinski definition) is 5. The predicted molar refractivity (Wildman–Crippen MR) is 83.0 cm³/mol. The molecule has 6 heteroatoms. The first-order valence-electron chi connectivity index (χ1n) is 7.82. The van der Waals surface area contributed by atoms with Gasteiger partial charge >= 0.3 is 0 Å². The van der Waals surface area contributed by atoms with Crippen LogP contribution >= 0.6 is 0 Å². The van der Waals surface area contributed by atoms with Crippen molar-refractivity contribution in [3.05, 3.63) is 18.3 Å². The second-order valence-corrected chi connectivity index (χ2v) is 5.40. The molecule has 0 bridgehead atoms. The van der Waals surface area contributed by atoms with Gasteiger partial charge in [-0.15, -0.1) is 5.10 Å². The molecule has 0 radical (unpaired) electrons. The normalized spacial score (nSPS) is 15.3. The van der Waals surface area contributed by atoms with E-state index in [1.165, 1.54) is 0 Å². The first kappa shape index (κ1) is 15.7. The molecule has 0 unspecified atom stereocenters. The second kappa shape index (κ2) is 8.56. The monoisotopic (exact) mass is 291 g/mol. The van der Waals surface area contributed by atoms with E-state index in [0.29, 0.717) is 6.42 Å². The number of hydrogen-bond donors (Lipinski definition) is 1. The molecule has 0 saturated carbocycles. The van der Waals surface area contributed by atoms with Crippen molar-refractivity contribution in [2.75, 3.05) is 37.6 Å². The standard InChI is InChI=1S/C15H25N5O/c16-8-4-2-1-3-7-15(21)20-12-10-19(11-13-20)14-6-5-9-17-18-14/h5-6,9H,1-4,7-8,10-13,16H2. The molecule has 1 amide bonds. The van der Waals surface area contributed by atoms with E-state index in [1.54, 1.807) is 6.20 Å². The molecule has 1 fully saturated rings. The van der Waals surface area contributed by atoms with Crippen LogP contribution in [0.4, 0.5) is 5.82 Å². The molecule has 21 heavy (non-hydrogen) atoms. The quantitative estimate of drug-likeness (QED) is 0.760. The number of carbonyl (C=O) groups excluding carboxylic acids is 1. The van der Waals surface area contributed by atoms with Gasteiger partial charge in [-0.25, -0.2) is 0 Å². The average Bonchev–Trinajstić information content (AvgIpc) is 2.55. The average molecular weight is 291 g/mol. The molecule has 1 saturated heterocycles. The molecular weight excluding hydrogens is 266 g/mol. The Labute approximate surface area is 126 Å². The summed E-state index contributed by atoms with van der Waals surface area (Å²) in [5, 5.41) is 8.01. The van der Waals surface area contributed by atoms with Gasteiger partial charge in [0.15, 0.2) is 5.82 Å². The molecule has 1 aromatic heterocycles. The van der Waals surface area contributed by atoms with Crippen LogP contribution in [0, 0.1) is 0 Å². The van der Waals surface area contributed by atoms with Crippen LogP contribution in [-0.2, 0) is 4.79 Å². The molecule has 6 nitrogen and oxygen atoms in total. The van der Waals surface area contributed by atoms with Crippen molar-refractivity contribution in [3.8, 4) is 0 Å². The van der Waals surface area contributed by atoms with E-state index in [4.69, 9.17) is 5.73 Å². The van der Waals surface area contributed by atoms with Crippen molar-refractivity contribution < 1.29 is 4.79 Å². The number of aromatic nitrogens is 2. The smallest absolute Gasteiger partial charge is 0.222 e. The Balaban J connectivity index is 1.67. The van der Waals surface area contributed by atoms with Crippen molar-refractivity contribution in [2.24, 2.45) is 5.73 Å². The zero-order valence-electron chi connectivity index (χ0n) is 12.6. The molecule has 0 aliphatic carbocycles. The van der Waals surface area contributed by atoms with Gasteiger partial charge in [-0.1, -0.05) is 12.8 Å². The lowest BCUT2D eigenvalue weighted by Gasteiger charge is -2.35. The fourth-order valence-electron chi connectivity index (χ4n) is 2.58. The minimum atomic E-state index is 0.279. The van der Waals surface area contributed by atoms with Crippen LogP contribution < -0.4 is 10.6 Å². The molecule has 1 aliphatic heterocycles. The third-order valence-corrected chi connectivity index (χ3v) is 3.86. The van der Waals surface area contributed by atoms with Gasteiger partial charge in [0.05, 0.1) is 0 Å². The van der Waals surface area contributed by atoms with Gasteiger partial charge in [-0.2, -0.15) is 5.10 Å². The third-order valence-electron chi connectivity index (χ3n) is 3.86. The van der Waals surface area contributed by atoms with Crippen LogP contribution in [0.15, 0.2) is 18.3 Å². The topological polar surface area (TPSA) is 75.4 Å². The van der Waals surface area contributed by atoms with Crippen LogP contribution in [-0.4, -0.2) is 53.7 Å². The molecule has 0 spiro atoms. The summed E-state index contributed by atoms with van der Waals surface area (Å²) in [5.41, 5.74) is 5.46. The summed E-state index contributed by atoms with van der Waals surface area (Å²) in [6, 6.07) is 3.85. The van der Waals surface area contributed by atoms with Crippen molar-refractivity contribution in [2.45, 2.75) is 32.1 Å². The summed E-state index contributed by atoms with van der Waals surface area (Å²) in [6.45, 7) is 3.96. The Morgan fingerprint density at radius 2 is 1.90 bits per heavy atom. The van der Waals surface area contributed by atoms with Crippen LogP contribution in [0.3, 0.4) is 0 Å². The number of nitrogens with zero attached hydrogens (tertiary/aromatic N) is 4. The van der Waals surface area contributed by atoms with Gasteiger partial charge in [0.25, 0.3) is 0 Å². The number of amides is 1. The molecule has 2 heterocycles. The predicted octanol–water partition coefficient (Wildman–Crippen LogP) is 1.03. The Morgan fingerprint density at radius 1 is 1.14 bits per heavy atom. The van der Waals surface area contributed by atoms with Gasteiger partial charge in [0.1, 0.15) is 0 Å². The van der Waals surface area contributed by atoms with Crippen molar-refractivity contribution >= 4 is 11.7 Å². The second-order valence-electron chi connectivity index (χ2n) is 5.40. The number of anilines is 1. The van der Waals surface area contributed by atoms with Crippen molar-refractivity contribution in [1.29, 1.82) is 0 Å². The molecular formula is C15H25N5O. The highest BCUT2D eigenvalue weighted by Gasteiger charge is 2.21. The Kier molecular flexibility index (Phi) is 6.40. The van der Waals surface area contributed by atoms with E-state index < -0.39 is 0 Å². The zero-order chi connectivity index (χ0) is 14.9. The van der Waals surface area contributed by atoms with Gasteiger partial charge in [0, 0.05) is 38.8 Å². The maximum absolute atomic E-state index is 12.1. The summed E-state index contributed by atoms with van der Waals surface area (Å²) < 4.78 is 0. The highest BCUT2D eigenvalue weighted by molar-refractivity contribution is 5.76. The maximum Gasteiger partial charge on any atom is 0.222 e. The van der Waals surface area contributed by atoms with Crippen LogP contribution in [0.1, 0.15) is 32.1 Å². The maximum atomic E-state index is 12.1. The molecule has 116 valence electrons. The van der Waals surface area contributed by atoms with E-state index in [-0.39, 0.29) is 5.91 Å². The van der Waals surface area contributed by atoms with E-state index in [2.05, 4.69) is 15.1 Å². The number of rotatable bonds is 7. The number of nitrogens with two attached hydrogens (primary N) is 1. The highest BCUT2D eigenvalue weighted by Crippen LogP contribution is 2.13. The fourth-order valence-corrected chi connectivity index (χ4v) is 2.58. The molecule has 1 aromatic rings. The lowest BCUT2D eigenvalue weighted by molar-refractivity contribution is -0.131. The van der Waals surface area contributed by atoms with Gasteiger partial charge in [-0.05, 0) is 31.5 Å². The lowest BCUT2D eigenvalue weighted by atomic mass is 10.1. The van der Waals surface area contributed by atoms with Crippen LogP contribution in [0.2, 0.25) is 0 Å². The first-order chi connectivity index (χ1) is 10.3. The van der Waals surface area contributed by atoms with Gasteiger partial charge in [0.2, 0.25) is 5.91 Å². The fraction of sp³-hybridized carbons (Fsp3) is 0.667. The third kappa shape index (κ3) is 4.97. The minimum Gasteiger partial charge on any atom is -0.352 e. The Morgan fingerprint density at radius 3 is 2.57 bits per heavy atom. The van der Waals surface area contributed by atoms with Gasteiger partial charge < -0.3 is 15.5 Å². The lowest BCUT2D eigenvalue weighted by Crippen LogP contribution is -2.49. The molecule has 1 aliphatic rings. The summed E-state index contributed by atoms with van der Waals surface area (Å²) in [5.74, 6) is 1.17. The van der Waals surface area contributed by atoms with E-state index in [1.807, 2.05) is 17.0 Å². The van der Waals surface area contributed by atoms with Gasteiger partial charge in [-0.3, -0.25) is 4.79 Å². The number of carbonyl (C=O) groups is 1.